The Morgan fingerprint density at radius 3 is 2.71 bits per heavy atom. The van der Waals surface area contributed by atoms with E-state index < -0.39 is 0 Å². The zero-order valence-electron chi connectivity index (χ0n) is 9.04. The van der Waals surface area contributed by atoms with Gasteiger partial charge in [-0.3, -0.25) is 4.98 Å². The topological polar surface area (TPSA) is 46.0 Å². The number of aromatic nitrogens is 2. The summed E-state index contributed by atoms with van der Waals surface area (Å²) in [7, 11) is 0. The van der Waals surface area contributed by atoms with Crippen molar-refractivity contribution in [2.75, 3.05) is 0 Å². The van der Waals surface area contributed by atoms with Crippen LogP contribution >= 0.6 is 0 Å². The fraction of sp³-hybridized carbons (Fsp3) is 0. The number of nitrogens with zero attached hydrogens (tertiary/aromatic N) is 2. The number of fused-ring (bicyclic) bond motifs is 1. The molecule has 3 aromatic rings. The van der Waals surface area contributed by atoms with Crippen molar-refractivity contribution in [3.8, 4) is 17.0 Å². The molecule has 0 aliphatic heterocycles. The standard InChI is InChI=1S/C14H10N2O/c17-14-9-15-8-7-11(14)13-6-5-10-3-1-2-4-12(10)16-13/h1-9,17H. The highest BCUT2D eigenvalue weighted by Gasteiger charge is 2.05. The third kappa shape index (κ3) is 1.72. The van der Waals surface area contributed by atoms with E-state index in [0.29, 0.717) is 5.56 Å². The summed E-state index contributed by atoms with van der Waals surface area (Å²) in [6.07, 6.45) is 3.07. The second-order valence-corrected chi connectivity index (χ2v) is 3.78. The first kappa shape index (κ1) is 9.78. The molecule has 0 bridgehead atoms. The molecule has 0 saturated heterocycles. The van der Waals surface area contributed by atoms with Crippen LogP contribution in [0.15, 0.2) is 54.9 Å². The van der Waals surface area contributed by atoms with E-state index in [1.165, 1.54) is 6.20 Å². The van der Waals surface area contributed by atoms with E-state index in [1.54, 1.807) is 12.3 Å². The molecule has 0 aliphatic carbocycles. The van der Waals surface area contributed by atoms with E-state index in [2.05, 4.69) is 9.97 Å². The summed E-state index contributed by atoms with van der Waals surface area (Å²) in [6, 6.07) is 13.6. The van der Waals surface area contributed by atoms with Gasteiger partial charge in [-0.15, -0.1) is 0 Å². The predicted molar refractivity (Wildman–Crippen MR) is 66.6 cm³/mol. The number of rotatable bonds is 1. The highest BCUT2D eigenvalue weighted by atomic mass is 16.3. The van der Waals surface area contributed by atoms with Crippen molar-refractivity contribution >= 4 is 10.9 Å². The van der Waals surface area contributed by atoms with Crippen molar-refractivity contribution in [1.29, 1.82) is 0 Å². The lowest BCUT2D eigenvalue weighted by atomic mass is 10.1. The quantitative estimate of drug-likeness (QED) is 0.688. The van der Waals surface area contributed by atoms with Gasteiger partial charge in [-0.25, -0.2) is 4.98 Å². The fourth-order valence-corrected chi connectivity index (χ4v) is 1.82. The molecule has 0 spiro atoms. The van der Waals surface area contributed by atoms with Crippen molar-refractivity contribution in [3.63, 3.8) is 0 Å². The van der Waals surface area contributed by atoms with Crippen LogP contribution in [-0.2, 0) is 0 Å². The second kappa shape index (κ2) is 3.87. The highest BCUT2D eigenvalue weighted by Crippen LogP contribution is 2.27. The molecule has 3 rings (SSSR count). The molecule has 2 aromatic heterocycles. The highest BCUT2D eigenvalue weighted by molar-refractivity contribution is 5.82. The lowest BCUT2D eigenvalue weighted by Gasteiger charge is -2.04. The van der Waals surface area contributed by atoms with Crippen molar-refractivity contribution in [2.24, 2.45) is 0 Å². The molecule has 1 aromatic carbocycles. The molecule has 0 aliphatic rings. The Balaban J connectivity index is 2.22. The monoisotopic (exact) mass is 222 g/mol. The Morgan fingerprint density at radius 1 is 0.941 bits per heavy atom. The largest absolute Gasteiger partial charge is 0.506 e. The zero-order valence-corrected chi connectivity index (χ0v) is 9.04. The minimum atomic E-state index is 0.148. The van der Waals surface area contributed by atoms with E-state index in [0.717, 1.165) is 16.6 Å². The molecule has 3 heteroatoms. The molecule has 2 heterocycles. The number of benzene rings is 1. The first-order valence-corrected chi connectivity index (χ1v) is 5.34. The summed E-state index contributed by atoms with van der Waals surface area (Å²) in [5.74, 6) is 0.148. The Kier molecular flexibility index (Phi) is 2.22. The first-order valence-electron chi connectivity index (χ1n) is 5.34. The summed E-state index contributed by atoms with van der Waals surface area (Å²) in [4.78, 5) is 8.37. The van der Waals surface area contributed by atoms with Crippen LogP contribution in [0.2, 0.25) is 0 Å². The number of para-hydroxylation sites is 1. The maximum atomic E-state index is 9.73. The molecule has 1 N–H and O–H groups in total. The minimum Gasteiger partial charge on any atom is -0.506 e. The van der Waals surface area contributed by atoms with Crippen molar-refractivity contribution < 1.29 is 5.11 Å². The normalized spacial score (nSPS) is 10.6. The number of pyridine rings is 2. The Labute approximate surface area is 98.4 Å². The number of hydrogen-bond donors (Lipinski definition) is 1. The van der Waals surface area contributed by atoms with Gasteiger partial charge in [0.25, 0.3) is 0 Å². The third-order valence-electron chi connectivity index (χ3n) is 2.67. The molecule has 0 atom stereocenters. The fourth-order valence-electron chi connectivity index (χ4n) is 1.82. The van der Waals surface area contributed by atoms with Gasteiger partial charge in [0, 0.05) is 17.1 Å². The maximum absolute atomic E-state index is 9.73. The summed E-state index contributed by atoms with van der Waals surface area (Å²) in [5.41, 5.74) is 2.37. The van der Waals surface area contributed by atoms with Gasteiger partial charge >= 0.3 is 0 Å². The molecule has 3 nitrogen and oxygen atoms in total. The smallest absolute Gasteiger partial charge is 0.143 e. The van der Waals surface area contributed by atoms with E-state index in [-0.39, 0.29) is 5.75 Å². The SMILES string of the molecule is Oc1cnccc1-c1ccc2ccccc2n1. The Hall–Kier alpha value is -2.42. The lowest BCUT2D eigenvalue weighted by molar-refractivity contribution is 0.474. The van der Waals surface area contributed by atoms with Crippen LogP contribution in [0.4, 0.5) is 0 Å². The maximum Gasteiger partial charge on any atom is 0.143 e. The summed E-state index contributed by atoms with van der Waals surface area (Å²) >= 11 is 0. The zero-order chi connectivity index (χ0) is 11.7. The molecule has 17 heavy (non-hydrogen) atoms. The predicted octanol–water partition coefficient (Wildman–Crippen LogP) is 3.00. The van der Waals surface area contributed by atoms with E-state index in [9.17, 15) is 5.11 Å². The molecular weight excluding hydrogens is 212 g/mol. The van der Waals surface area contributed by atoms with Gasteiger partial charge in [0.1, 0.15) is 5.75 Å². The van der Waals surface area contributed by atoms with Crippen LogP contribution in [0.1, 0.15) is 0 Å². The van der Waals surface area contributed by atoms with Gasteiger partial charge < -0.3 is 5.11 Å². The lowest BCUT2D eigenvalue weighted by Crippen LogP contribution is -1.86. The summed E-state index contributed by atoms with van der Waals surface area (Å²) in [6.45, 7) is 0. The van der Waals surface area contributed by atoms with Crippen LogP contribution in [0, 0.1) is 0 Å². The van der Waals surface area contributed by atoms with Crippen LogP contribution in [-0.4, -0.2) is 15.1 Å². The Morgan fingerprint density at radius 2 is 1.82 bits per heavy atom. The van der Waals surface area contributed by atoms with E-state index >= 15 is 0 Å². The van der Waals surface area contributed by atoms with E-state index in [1.807, 2.05) is 36.4 Å². The van der Waals surface area contributed by atoms with Crippen molar-refractivity contribution in [2.45, 2.75) is 0 Å². The molecule has 0 saturated carbocycles. The second-order valence-electron chi connectivity index (χ2n) is 3.78. The van der Waals surface area contributed by atoms with Gasteiger partial charge in [-0.2, -0.15) is 0 Å². The van der Waals surface area contributed by atoms with Crippen LogP contribution in [0.3, 0.4) is 0 Å². The Bertz CT molecular complexity index is 680. The van der Waals surface area contributed by atoms with Gasteiger partial charge in [-0.1, -0.05) is 24.3 Å². The first-order chi connectivity index (χ1) is 8.34. The molecular formula is C14H10N2O. The van der Waals surface area contributed by atoms with Crippen molar-refractivity contribution in [3.05, 3.63) is 54.9 Å². The molecule has 82 valence electrons. The number of hydrogen-bond acceptors (Lipinski definition) is 3. The molecule has 0 amide bonds. The minimum absolute atomic E-state index is 0.148. The molecule has 0 radical (unpaired) electrons. The molecule has 0 fully saturated rings. The summed E-state index contributed by atoms with van der Waals surface area (Å²) in [5, 5.41) is 10.8. The summed E-state index contributed by atoms with van der Waals surface area (Å²) < 4.78 is 0. The van der Waals surface area contributed by atoms with Crippen LogP contribution < -0.4 is 0 Å². The average molecular weight is 222 g/mol. The van der Waals surface area contributed by atoms with Gasteiger partial charge in [-0.05, 0) is 18.2 Å². The average Bonchev–Trinajstić information content (AvgIpc) is 2.39. The van der Waals surface area contributed by atoms with E-state index in [4.69, 9.17) is 0 Å². The van der Waals surface area contributed by atoms with Gasteiger partial charge in [0.05, 0.1) is 17.4 Å². The van der Waals surface area contributed by atoms with Crippen molar-refractivity contribution in [1.82, 2.24) is 9.97 Å². The number of aromatic hydroxyl groups is 1. The van der Waals surface area contributed by atoms with Gasteiger partial charge in [0.15, 0.2) is 0 Å². The van der Waals surface area contributed by atoms with Crippen LogP contribution in [0.5, 0.6) is 5.75 Å². The third-order valence-corrected chi connectivity index (χ3v) is 2.67. The molecule has 0 unspecified atom stereocenters. The van der Waals surface area contributed by atoms with Gasteiger partial charge in [0.2, 0.25) is 0 Å². The van der Waals surface area contributed by atoms with Crippen LogP contribution in [0.25, 0.3) is 22.2 Å².